The van der Waals surface area contributed by atoms with Gasteiger partial charge in [0, 0.05) is 5.56 Å². The first kappa shape index (κ1) is 13.4. The van der Waals surface area contributed by atoms with Gasteiger partial charge in [-0.3, -0.25) is 4.79 Å². The Morgan fingerprint density at radius 2 is 1.94 bits per heavy atom. The number of methoxy groups -OCH3 is 2. The Kier molecular flexibility index (Phi) is 4.04. The van der Waals surface area contributed by atoms with Gasteiger partial charge < -0.3 is 22.4 Å². The molecule has 0 radical (unpaired) electrons. The number of carbonyl (C=O) groups is 1. The maximum absolute atomic E-state index is 12.5. The van der Waals surface area contributed by atoms with E-state index in [1.54, 1.807) is 0 Å². The number of halogens is 3. The van der Waals surface area contributed by atoms with E-state index in [1.807, 2.05) is 0 Å². The second-order valence-electron chi connectivity index (χ2n) is 3.40. The summed E-state index contributed by atoms with van der Waals surface area (Å²) in [6, 6.07) is 3.04. The first-order chi connectivity index (χ1) is 7.88. The molecular weight excluding hydrogens is 236 g/mol. The molecular formula is C10H11BF3O3-. The van der Waals surface area contributed by atoms with Gasteiger partial charge >= 0.3 is 12.9 Å². The summed E-state index contributed by atoms with van der Waals surface area (Å²) in [7, 11) is 2.50. The van der Waals surface area contributed by atoms with Crippen LogP contribution in [0.15, 0.2) is 18.2 Å². The molecule has 7 heteroatoms. The fourth-order valence-electron chi connectivity index (χ4n) is 1.37. The third-order valence-electron chi connectivity index (χ3n) is 2.24. The SMILES string of the molecule is COC(=O)Cc1cc([B-](F)(F)F)ccc1OC. The minimum absolute atomic E-state index is 0.163. The maximum atomic E-state index is 12.5. The largest absolute Gasteiger partial charge is 0.509 e. The zero-order chi connectivity index (χ0) is 13.1. The van der Waals surface area contributed by atoms with Crippen molar-refractivity contribution in [3.8, 4) is 5.75 Å². The molecule has 17 heavy (non-hydrogen) atoms. The molecule has 3 nitrogen and oxygen atoms in total. The van der Waals surface area contributed by atoms with E-state index in [0.717, 1.165) is 12.1 Å². The summed E-state index contributed by atoms with van der Waals surface area (Å²) in [5.74, 6) is -0.380. The van der Waals surface area contributed by atoms with Crippen LogP contribution in [0.1, 0.15) is 5.56 Å². The molecule has 0 aromatic heterocycles. The van der Waals surface area contributed by atoms with E-state index in [1.165, 1.54) is 20.3 Å². The van der Waals surface area contributed by atoms with Gasteiger partial charge in [0.1, 0.15) is 5.75 Å². The van der Waals surface area contributed by atoms with Gasteiger partial charge in [0.25, 0.3) is 0 Å². The smallest absolute Gasteiger partial charge is 0.496 e. The molecule has 0 aliphatic rings. The lowest BCUT2D eigenvalue weighted by Crippen LogP contribution is -2.34. The fourth-order valence-corrected chi connectivity index (χ4v) is 1.37. The lowest BCUT2D eigenvalue weighted by molar-refractivity contribution is -0.139. The minimum Gasteiger partial charge on any atom is -0.496 e. The average molecular weight is 247 g/mol. The van der Waals surface area contributed by atoms with Gasteiger partial charge in [-0.2, -0.15) is 0 Å². The number of hydrogen-bond donors (Lipinski definition) is 0. The average Bonchev–Trinajstić information content (AvgIpc) is 2.27. The van der Waals surface area contributed by atoms with Gasteiger partial charge in [0.15, 0.2) is 0 Å². The summed E-state index contributed by atoms with van der Waals surface area (Å²) in [6.45, 7) is -5.09. The van der Waals surface area contributed by atoms with Crippen molar-refractivity contribution in [1.29, 1.82) is 0 Å². The number of esters is 1. The fraction of sp³-hybridized carbons (Fsp3) is 0.300. The molecule has 0 N–H and O–H groups in total. The van der Waals surface area contributed by atoms with Crippen LogP contribution >= 0.6 is 0 Å². The van der Waals surface area contributed by atoms with Crippen molar-refractivity contribution >= 4 is 18.4 Å². The highest BCUT2D eigenvalue weighted by molar-refractivity contribution is 6.73. The van der Waals surface area contributed by atoms with Gasteiger partial charge in [-0.25, -0.2) is 0 Å². The molecule has 0 atom stereocenters. The monoisotopic (exact) mass is 247 g/mol. The van der Waals surface area contributed by atoms with Crippen molar-refractivity contribution < 1.29 is 27.2 Å². The lowest BCUT2D eigenvalue weighted by Gasteiger charge is -2.17. The van der Waals surface area contributed by atoms with Crippen LogP contribution in [0.4, 0.5) is 12.9 Å². The van der Waals surface area contributed by atoms with Crippen molar-refractivity contribution in [2.75, 3.05) is 14.2 Å². The van der Waals surface area contributed by atoms with Crippen molar-refractivity contribution in [2.45, 2.75) is 6.42 Å². The van der Waals surface area contributed by atoms with E-state index in [9.17, 15) is 17.7 Å². The molecule has 0 amide bonds. The molecule has 0 spiro atoms. The Morgan fingerprint density at radius 1 is 1.29 bits per heavy atom. The standard InChI is InChI=1S/C10H11BF3O3/c1-16-9-4-3-8(11(12,13)14)5-7(9)6-10(15)17-2/h3-5H,6H2,1-2H3/q-1. The van der Waals surface area contributed by atoms with E-state index in [0.29, 0.717) is 0 Å². The second-order valence-corrected chi connectivity index (χ2v) is 3.40. The van der Waals surface area contributed by atoms with Gasteiger partial charge in [-0.15, -0.1) is 5.46 Å². The van der Waals surface area contributed by atoms with Crippen LogP contribution in [0, 0.1) is 0 Å². The highest BCUT2D eigenvalue weighted by atomic mass is 19.4. The van der Waals surface area contributed by atoms with Gasteiger partial charge in [0.2, 0.25) is 0 Å². The quantitative estimate of drug-likeness (QED) is 0.596. The minimum atomic E-state index is -5.09. The molecule has 0 saturated carbocycles. The van der Waals surface area contributed by atoms with Crippen LogP contribution in [0.5, 0.6) is 5.75 Å². The van der Waals surface area contributed by atoms with E-state index in [2.05, 4.69) is 4.74 Å². The van der Waals surface area contributed by atoms with E-state index < -0.39 is 18.4 Å². The molecule has 0 bridgehead atoms. The maximum Gasteiger partial charge on any atom is 0.509 e. The van der Waals surface area contributed by atoms with Crippen molar-refractivity contribution in [3.63, 3.8) is 0 Å². The molecule has 1 rings (SSSR count). The van der Waals surface area contributed by atoms with E-state index in [4.69, 9.17) is 4.74 Å². The van der Waals surface area contributed by atoms with Crippen LogP contribution in [0.3, 0.4) is 0 Å². The predicted octanol–water partition coefficient (Wildman–Crippen LogP) is 1.47. The highest BCUT2D eigenvalue weighted by Gasteiger charge is 2.26. The van der Waals surface area contributed by atoms with Crippen LogP contribution < -0.4 is 10.2 Å². The van der Waals surface area contributed by atoms with Crippen LogP contribution in [0.25, 0.3) is 0 Å². The summed E-state index contributed by atoms with van der Waals surface area (Å²) in [6.07, 6.45) is -0.250. The van der Waals surface area contributed by atoms with Gasteiger partial charge in [-0.1, -0.05) is 12.1 Å². The third kappa shape index (κ3) is 3.40. The molecule has 0 aliphatic carbocycles. The third-order valence-corrected chi connectivity index (χ3v) is 2.24. The van der Waals surface area contributed by atoms with Crippen LogP contribution in [-0.2, 0) is 16.0 Å². The summed E-state index contributed by atoms with van der Waals surface area (Å²) in [5.41, 5.74) is -0.597. The molecule has 0 aliphatic heterocycles. The predicted molar refractivity (Wildman–Crippen MR) is 57.4 cm³/mol. The zero-order valence-electron chi connectivity index (χ0n) is 9.38. The summed E-state index contributed by atoms with van der Waals surface area (Å²) in [5, 5.41) is 0. The number of ether oxygens (including phenoxy) is 2. The number of rotatable bonds is 4. The number of carbonyl (C=O) groups excluding carboxylic acids is 1. The Morgan fingerprint density at radius 3 is 2.41 bits per heavy atom. The topological polar surface area (TPSA) is 35.5 Å². The van der Waals surface area contributed by atoms with Gasteiger partial charge in [-0.05, 0) is 6.07 Å². The summed E-state index contributed by atoms with van der Waals surface area (Å²) in [4.78, 5) is 11.1. The molecule has 94 valence electrons. The first-order valence-corrected chi connectivity index (χ1v) is 4.82. The highest BCUT2D eigenvalue weighted by Crippen LogP contribution is 2.20. The molecule has 1 aromatic carbocycles. The van der Waals surface area contributed by atoms with Crippen LogP contribution in [0.2, 0.25) is 0 Å². The molecule has 0 saturated heterocycles. The summed E-state index contributed by atoms with van der Waals surface area (Å²) >= 11 is 0. The number of hydrogen-bond acceptors (Lipinski definition) is 3. The molecule has 0 unspecified atom stereocenters. The van der Waals surface area contributed by atoms with E-state index >= 15 is 0 Å². The number of benzene rings is 1. The van der Waals surface area contributed by atoms with E-state index in [-0.39, 0.29) is 17.7 Å². The Labute approximate surface area is 96.6 Å². The zero-order valence-corrected chi connectivity index (χ0v) is 9.38. The van der Waals surface area contributed by atoms with Gasteiger partial charge in [0.05, 0.1) is 20.6 Å². The van der Waals surface area contributed by atoms with Crippen LogP contribution in [-0.4, -0.2) is 27.2 Å². The lowest BCUT2D eigenvalue weighted by atomic mass is 9.79. The Hall–Kier alpha value is -1.66. The normalized spacial score (nSPS) is 11.1. The molecule has 0 heterocycles. The Balaban J connectivity index is 3.11. The van der Waals surface area contributed by atoms with Crippen molar-refractivity contribution in [3.05, 3.63) is 23.8 Å². The first-order valence-electron chi connectivity index (χ1n) is 4.82. The molecule has 1 aromatic rings. The summed E-state index contributed by atoms with van der Waals surface area (Å²) < 4.78 is 46.9. The second kappa shape index (κ2) is 5.12. The molecule has 0 fully saturated rings. The van der Waals surface area contributed by atoms with Crippen molar-refractivity contribution in [1.82, 2.24) is 0 Å². The van der Waals surface area contributed by atoms with Crippen molar-refractivity contribution in [2.24, 2.45) is 0 Å². The Bertz CT molecular complexity index is 418.